The molecule has 0 bridgehead atoms. The van der Waals surface area contributed by atoms with Crippen LogP contribution in [0.2, 0.25) is 0 Å². The first-order chi connectivity index (χ1) is 13.9. The lowest BCUT2D eigenvalue weighted by Gasteiger charge is -2.09. The van der Waals surface area contributed by atoms with Gasteiger partial charge in [0, 0.05) is 31.2 Å². The maximum absolute atomic E-state index is 12.5. The molecule has 3 heterocycles. The highest BCUT2D eigenvalue weighted by molar-refractivity contribution is 7.20. The van der Waals surface area contributed by atoms with Crippen molar-refractivity contribution in [2.75, 3.05) is 0 Å². The van der Waals surface area contributed by atoms with Crippen LogP contribution in [0.3, 0.4) is 0 Å². The number of hydrogen-bond donors (Lipinski definition) is 1. The Morgan fingerprint density at radius 2 is 2.00 bits per heavy atom. The lowest BCUT2D eigenvalue weighted by Crippen LogP contribution is -2.21. The summed E-state index contributed by atoms with van der Waals surface area (Å²) < 4.78 is 7.69. The van der Waals surface area contributed by atoms with Crippen molar-refractivity contribution in [3.8, 4) is 11.6 Å². The molecule has 148 valence electrons. The highest BCUT2D eigenvalue weighted by Crippen LogP contribution is 2.28. The molecule has 0 aliphatic rings. The van der Waals surface area contributed by atoms with E-state index in [1.165, 1.54) is 11.3 Å². The predicted molar refractivity (Wildman–Crippen MR) is 115 cm³/mol. The number of amides is 1. The van der Waals surface area contributed by atoms with Crippen molar-refractivity contribution in [1.82, 2.24) is 20.1 Å². The summed E-state index contributed by atoms with van der Waals surface area (Å²) in [6.07, 6.45) is 1.72. The smallest absolute Gasteiger partial charge is 0.261 e. The number of nitrogens with zero attached hydrogens (tertiary/aromatic N) is 3. The van der Waals surface area contributed by atoms with Crippen LogP contribution in [0, 0.1) is 20.8 Å². The van der Waals surface area contributed by atoms with Crippen LogP contribution in [0.15, 0.2) is 42.6 Å². The zero-order valence-corrected chi connectivity index (χ0v) is 17.6. The van der Waals surface area contributed by atoms with E-state index in [0.717, 1.165) is 38.4 Å². The number of carbonyl (C=O) groups is 1. The van der Waals surface area contributed by atoms with Crippen molar-refractivity contribution >= 4 is 27.5 Å². The van der Waals surface area contributed by atoms with E-state index in [-0.39, 0.29) is 5.91 Å². The lowest BCUT2D eigenvalue weighted by atomic mass is 10.1. The number of ether oxygens (including phenoxy) is 1. The number of rotatable bonds is 5. The van der Waals surface area contributed by atoms with Gasteiger partial charge in [0.05, 0.1) is 10.6 Å². The Balaban J connectivity index is 1.40. The van der Waals surface area contributed by atoms with Gasteiger partial charge in [0.25, 0.3) is 5.91 Å². The normalized spacial score (nSPS) is 11.0. The molecule has 7 heteroatoms. The minimum absolute atomic E-state index is 0.0960. The molecule has 29 heavy (non-hydrogen) atoms. The first kappa shape index (κ1) is 19.1. The molecule has 0 spiro atoms. The van der Waals surface area contributed by atoms with Gasteiger partial charge < -0.3 is 10.1 Å². The molecule has 0 aliphatic heterocycles. The third-order valence-electron chi connectivity index (χ3n) is 4.73. The lowest BCUT2D eigenvalue weighted by molar-refractivity contribution is 0.0955. The van der Waals surface area contributed by atoms with Gasteiger partial charge >= 0.3 is 0 Å². The molecule has 4 aromatic rings. The van der Waals surface area contributed by atoms with Gasteiger partial charge in [0.1, 0.15) is 10.6 Å². The third kappa shape index (κ3) is 4.00. The van der Waals surface area contributed by atoms with Gasteiger partial charge in [-0.1, -0.05) is 18.2 Å². The van der Waals surface area contributed by atoms with E-state index in [2.05, 4.69) is 21.5 Å². The number of pyridine rings is 1. The summed E-state index contributed by atoms with van der Waals surface area (Å²) in [5.74, 6) is 1.23. The van der Waals surface area contributed by atoms with Crippen LogP contribution in [0.4, 0.5) is 0 Å². The van der Waals surface area contributed by atoms with Gasteiger partial charge in [-0.15, -0.1) is 11.3 Å². The Morgan fingerprint density at radius 3 is 2.72 bits per heavy atom. The van der Waals surface area contributed by atoms with Gasteiger partial charge in [-0.05, 0) is 49.6 Å². The van der Waals surface area contributed by atoms with Crippen LogP contribution in [0.5, 0.6) is 11.6 Å². The quantitative estimate of drug-likeness (QED) is 0.523. The summed E-state index contributed by atoms with van der Waals surface area (Å²) in [5, 5.41) is 8.34. The highest BCUT2D eigenvalue weighted by atomic mass is 32.1. The van der Waals surface area contributed by atoms with Crippen molar-refractivity contribution in [2.45, 2.75) is 27.3 Å². The van der Waals surface area contributed by atoms with Crippen LogP contribution >= 0.6 is 11.3 Å². The number of hydrogen-bond acceptors (Lipinski definition) is 5. The molecular formula is C22H22N4O2S. The summed E-state index contributed by atoms with van der Waals surface area (Å²) in [6.45, 7) is 6.38. The van der Waals surface area contributed by atoms with E-state index in [1.54, 1.807) is 6.20 Å². The molecule has 0 saturated heterocycles. The number of fused-ring (bicyclic) bond motifs is 1. The van der Waals surface area contributed by atoms with Gasteiger partial charge in [-0.25, -0.2) is 4.98 Å². The molecule has 6 nitrogen and oxygen atoms in total. The molecule has 0 unspecified atom stereocenters. The number of nitrogens with one attached hydrogen (secondary N) is 1. The SMILES string of the molecule is Cc1ccc(C)c(Oc2ccc(CNC(=O)c3cc4c(C)nn(C)c4s3)cn2)c1. The number of carbonyl (C=O) groups excluding carboxylic acids is 1. The second-order valence-corrected chi connectivity index (χ2v) is 8.13. The Hall–Kier alpha value is -3.19. The van der Waals surface area contributed by atoms with Crippen molar-refractivity contribution in [3.05, 3.63) is 69.9 Å². The van der Waals surface area contributed by atoms with E-state index in [4.69, 9.17) is 4.74 Å². The fraction of sp³-hybridized carbons (Fsp3) is 0.227. The Labute approximate surface area is 173 Å². The van der Waals surface area contributed by atoms with E-state index < -0.39 is 0 Å². The van der Waals surface area contributed by atoms with E-state index >= 15 is 0 Å². The summed E-state index contributed by atoms with van der Waals surface area (Å²) in [4.78, 5) is 18.6. The largest absolute Gasteiger partial charge is 0.439 e. The Morgan fingerprint density at radius 1 is 1.17 bits per heavy atom. The standard InChI is InChI=1S/C22H22N4O2S/c1-13-5-6-14(2)18(9-13)28-20-8-7-16(11-23-20)12-24-21(27)19-10-17-15(3)25-26(4)22(17)29-19/h5-11H,12H2,1-4H3,(H,24,27). The van der Waals surface area contributed by atoms with E-state index in [1.807, 2.05) is 62.8 Å². The summed E-state index contributed by atoms with van der Waals surface area (Å²) in [7, 11) is 1.89. The minimum Gasteiger partial charge on any atom is -0.439 e. The van der Waals surface area contributed by atoms with Crippen molar-refractivity contribution in [1.29, 1.82) is 0 Å². The Bertz CT molecular complexity index is 1160. The molecule has 1 aromatic carbocycles. The fourth-order valence-electron chi connectivity index (χ4n) is 3.09. The topological polar surface area (TPSA) is 69.0 Å². The minimum atomic E-state index is -0.0960. The first-order valence-electron chi connectivity index (χ1n) is 9.32. The highest BCUT2D eigenvalue weighted by Gasteiger charge is 2.15. The summed E-state index contributed by atoms with van der Waals surface area (Å²) >= 11 is 1.45. The van der Waals surface area contributed by atoms with Crippen molar-refractivity contribution < 1.29 is 9.53 Å². The van der Waals surface area contributed by atoms with Crippen LogP contribution in [-0.4, -0.2) is 20.7 Å². The van der Waals surface area contributed by atoms with Gasteiger partial charge in [0.15, 0.2) is 0 Å². The molecule has 0 aliphatic carbocycles. The predicted octanol–water partition coefficient (Wildman–Crippen LogP) is 4.68. The zero-order chi connectivity index (χ0) is 20.5. The monoisotopic (exact) mass is 406 g/mol. The molecule has 4 rings (SSSR count). The third-order valence-corrected chi connectivity index (χ3v) is 5.93. The fourth-order valence-corrected chi connectivity index (χ4v) is 4.13. The second-order valence-electron chi connectivity index (χ2n) is 7.10. The van der Waals surface area contributed by atoms with Crippen LogP contribution in [0.1, 0.15) is 32.1 Å². The average molecular weight is 407 g/mol. The first-order valence-corrected chi connectivity index (χ1v) is 10.1. The van der Waals surface area contributed by atoms with Crippen LogP contribution in [-0.2, 0) is 13.6 Å². The van der Waals surface area contributed by atoms with Gasteiger partial charge in [-0.3, -0.25) is 9.48 Å². The Kier molecular flexibility index (Phi) is 5.07. The molecule has 1 amide bonds. The molecule has 0 saturated carbocycles. The number of aryl methyl sites for hydroxylation is 4. The zero-order valence-electron chi connectivity index (χ0n) is 16.8. The van der Waals surface area contributed by atoms with Crippen LogP contribution in [0.25, 0.3) is 10.2 Å². The maximum Gasteiger partial charge on any atom is 0.261 e. The van der Waals surface area contributed by atoms with Crippen LogP contribution < -0.4 is 10.1 Å². The van der Waals surface area contributed by atoms with Crippen molar-refractivity contribution in [3.63, 3.8) is 0 Å². The molecular weight excluding hydrogens is 384 g/mol. The van der Waals surface area contributed by atoms with Gasteiger partial charge in [-0.2, -0.15) is 5.10 Å². The molecule has 0 radical (unpaired) electrons. The molecule has 3 aromatic heterocycles. The summed E-state index contributed by atoms with van der Waals surface area (Å²) in [5.41, 5.74) is 4.03. The number of thiophene rings is 1. The maximum atomic E-state index is 12.5. The molecule has 0 fully saturated rings. The number of aromatic nitrogens is 3. The van der Waals surface area contributed by atoms with Crippen molar-refractivity contribution in [2.24, 2.45) is 7.05 Å². The van der Waals surface area contributed by atoms with E-state index in [0.29, 0.717) is 17.3 Å². The number of benzene rings is 1. The average Bonchev–Trinajstić information content (AvgIpc) is 3.25. The van der Waals surface area contributed by atoms with Gasteiger partial charge in [0.2, 0.25) is 5.88 Å². The van der Waals surface area contributed by atoms with E-state index in [9.17, 15) is 4.79 Å². The second kappa shape index (κ2) is 7.67. The molecule has 0 atom stereocenters. The summed E-state index contributed by atoms with van der Waals surface area (Å²) in [6, 6.07) is 11.7. The molecule has 1 N–H and O–H groups in total.